The van der Waals surface area contributed by atoms with E-state index in [1.54, 1.807) is 11.3 Å². The number of halogens is 1. The summed E-state index contributed by atoms with van der Waals surface area (Å²) in [6.07, 6.45) is 0. The van der Waals surface area contributed by atoms with Gasteiger partial charge < -0.3 is 5.32 Å². The van der Waals surface area contributed by atoms with Gasteiger partial charge in [-0.3, -0.25) is 0 Å². The first-order valence-corrected chi connectivity index (χ1v) is 7.15. The average Bonchev–Trinajstić information content (AvgIpc) is 2.67. The highest BCUT2D eigenvalue weighted by Gasteiger charge is 2.14. The Morgan fingerprint density at radius 2 is 2.12 bits per heavy atom. The molecule has 1 unspecified atom stereocenters. The quantitative estimate of drug-likeness (QED) is 0.832. The van der Waals surface area contributed by atoms with Crippen molar-refractivity contribution in [1.29, 1.82) is 0 Å². The Bertz CT molecular complexity index is 478. The SMILES string of the molecule is CNC(c1cccc(I)c1)c1ccsc1C. The molecular formula is C13H14INS. The summed E-state index contributed by atoms with van der Waals surface area (Å²) in [5.74, 6) is 0. The Morgan fingerprint density at radius 1 is 1.31 bits per heavy atom. The Labute approximate surface area is 114 Å². The van der Waals surface area contributed by atoms with Crippen molar-refractivity contribution in [3.8, 4) is 0 Å². The number of thiophene rings is 1. The van der Waals surface area contributed by atoms with Crippen LogP contribution in [0, 0.1) is 10.5 Å². The smallest absolute Gasteiger partial charge is 0.0585 e. The summed E-state index contributed by atoms with van der Waals surface area (Å²) in [6, 6.07) is 11.2. The van der Waals surface area contributed by atoms with Crippen LogP contribution in [0.5, 0.6) is 0 Å². The van der Waals surface area contributed by atoms with E-state index in [0.29, 0.717) is 6.04 Å². The zero-order valence-electron chi connectivity index (χ0n) is 9.33. The molecule has 0 saturated heterocycles. The second-order valence-electron chi connectivity index (χ2n) is 3.71. The Morgan fingerprint density at radius 3 is 2.69 bits per heavy atom. The molecule has 0 amide bonds. The van der Waals surface area contributed by atoms with E-state index in [1.807, 2.05) is 7.05 Å². The number of hydrogen-bond donors (Lipinski definition) is 1. The molecule has 0 radical (unpaired) electrons. The first-order valence-electron chi connectivity index (χ1n) is 5.19. The van der Waals surface area contributed by atoms with Gasteiger partial charge in [-0.15, -0.1) is 11.3 Å². The lowest BCUT2D eigenvalue weighted by molar-refractivity contribution is 0.690. The monoisotopic (exact) mass is 343 g/mol. The van der Waals surface area contributed by atoms with Gasteiger partial charge >= 0.3 is 0 Å². The van der Waals surface area contributed by atoms with Crippen molar-refractivity contribution in [2.75, 3.05) is 7.05 Å². The van der Waals surface area contributed by atoms with E-state index in [0.717, 1.165) is 0 Å². The topological polar surface area (TPSA) is 12.0 Å². The van der Waals surface area contributed by atoms with E-state index in [1.165, 1.54) is 19.6 Å². The predicted molar refractivity (Wildman–Crippen MR) is 79.1 cm³/mol. The second kappa shape index (κ2) is 5.29. The number of aryl methyl sites for hydroxylation is 1. The van der Waals surface area contributed by atoms with Crippen LogP contribution in [0.15, 0.2) is 35.7 Å². The van der Waals surface area contributed by atoms with Gasteiger partial charge in [0.15, 0.2) is 0 Å². The van der Waals surface area contributed by atoms with Crippen LogP contribution in [0.2, 0.25) is 0 Å². The van der Waals surface area contributed by atoms with Gasteiger partial charge in [-0.05, 0) is 71.3 Å². The van der Waals surface area contributed by atoms with Crippen LogP contribution in [0.3, 0.4) is 0 Å². The molecule has 1 aromatic heterocycles. The van der Waals surface area contributed by atoms with Crippen molar-refractivity contribution in [3.63, 3.8) is 0 Å². The van der Waals surface area contributed by atoms with Crippen LogP contribution in [0.1, 0.15) is 22.0 Å². The highest BCUT2D eigenvalue weighted by atomic mass is 127. The molecule has 2 aromatic rings. The molecule has 84 valence electrons. The molecule has 2 rings (SSSR count). The van der Waals surface area contributed by atoms with Crippen LogP contribution in [0.25, 0.3) is 0 Å². The van der Waals surface area contributed by atoms with Crippen molar-refractivity contribution in [2.45, 2.75) is 13.0 Å². The van der Waals surface area contributed by atoms with Crippen LogP contribution in [-0.4, -0.2) is 7.05 Å². The van der Waals surface area contributed by atoms with Crippen molar-refractivity contribution in [1.82, 2.24) is 5.32 Å². The van der Waals surface area contributed by atoms with Gasteiger partial charge in [-0.2, -0.15) is 0 Å². The van der Waals surface area contributed by atoms with Gasteiger partial charge in [-0.1, -0.05) is 12.1 Å². The van der Waals surface area contributed by atoms with Crippen molar-refractivity contribution in [2.24, 2.45) is 0 Å². The van der Waals surface area contributed by atoms with Gasteiger partial charge in [0.25, 0.3) is 0 Å². The maximum absolute atomic E-state index is 3.39. The van der Waals surface area contributed by atoms with Crippen molar-refractivity contribution in [3.05, 3.63) is 55.3 Å². The molecule has 0 bridgehead atoms. The Hall–Kier alpha value is -0.390. The van der Waals surface area contributed by atoms with Gasteiger partial charge in [0.2, 0.25) is 0 Å². The summed E-state index contributed by atoms with van der Waals surface area (Å²) in [5.41, 5.74) is 2.71. The predicted octanol–water partition coefficient (Wildman–Crippen LogP) is 3.97. The van der Waals surface area contributed by atoms with E-state index in [2.05, 4.69) is 70.5 Å². The van der Waals surface area contributed by atoms with E-state index in [4.69, 9.17) is 0 Å². The molecule has 16 heavy (non-hydrogen) atoms. The largest absolute Gasteiger partial charge is 0.309 e. The summed E-state index contributed by atoms with van der Waals surface area (Å²) in [4.78, 5) is 1.39. The first kappa shape index (κ1) is 12.1. The summed E-state index contributed by atoms with van der Waals surface area (Å²) >= 11 is 4.16. The third-order valence-electron chi connectivity index (χ3n) is 2.68. The fraction of sp³-hybridized carbons (Fsp3) is 0.231. The van der Waals surface area contributed by atoms with E-state index in [-0.39, 0.29) is 0 Å². The standard InChI is InChI=1S/C13H14INS/c1-9-12(6-7-16-9)13(15-2)10-4-3-5-11(14)8-10/h3-8,13,15H,1-2H3. The summed E-state index contributed by atoms with van der Waals surface area (Å²) in [6.45, 7) is 2.18. The minimum Gasteiger partial charge on any atom is -0.309 e. The molecule has 1 atom stereocenters. The average molecular weight is 343 g/mol. The maximum Gasteiger partial charge on any atom is 0.0585 e. The van der Waals surface area contributed by atoms with Crippen LogP contribution in [-0.2, 0) is 0 Å². The molecule has 1 N–H and O–H groups in total. The highest BCUT2D eigenvalue weighted by Crippen LogP contribution is 2.28. The summed E-state index contributed by atoms with van der Waals surface area (Å²) < 4.78 is 1.28. The molecule has 3 heteroatoms. The third kappa shape index (κ3) is 2.47. The lowest BCUT2D eigenvalue weighted by Crippen LogP contribution is -2.17. The molecule has 0 fully saturated rings. The molecule has 0 aliphatic carbocycles. The lowest BCUT2D eigenvalue weighted by Gasteiger charge is -2.17. The number of hydrogen-bond acceptors (Lipinski definition) is 2. The highest BCUT2D eigenvalue weighted by molar-refractivity contribution is 14.1. The van der Waals surface area contributed by atoms with Crippen LogP contribution >= 0.6 is 33.9 Å². The van der Waals surface area contributed by atoms with Crippen LogP contribution in [0.4, 0.5) is 0 Å². The number of nitrogens with one attached hydrogen (secondary N) is 1. The van der Waals surface area contributed by atoms with Gasteiger partial charge in [0.1, 0.15) is 0 Å². The normalized spacial score (nSPS) is 12.7. The summed E-state index contributed by atoms with van der Waals surface area (Å²) in [5, 5.41) is 5.55. The summed E-state index contributed by atoms with van der Waals surface area (Å²) in [7, 11) is 2.02. The molecule has 0 spiro atoms. The molecule has 0 saturated carbocycles. The van der Waals surface area contributed by atoms with Crippen molar-refractivity contribution >= 4 is 33.9 Å². The second-order valence-corrected chi connectivity index (χ2v) is 6.07. The zero-order valence-corrected chi connectivity index (χ0v) is 12.3. The minimum atomic E-state index is 0.306. The van der Waals surface area contributed by atoms with E-state index in [9.17, 15) is 0 Å². The van der Waals surface area contributed by atoms with Gasteiger partial charge in [0, 0.05) is 8.45 Å². The lowest BCUT2D eigenvalue weighted by atomic mass is 10.00. The third-order valence-corrected chi connectivity index (χ3v) is 4.21. The molecule has 0 aliphatic heterocycles. The van der Waals surface area contributed by atoms with Crippen LogP contribution < -0.4 is 5.32 Å². The Kier molecular flexibility index (Phi) is 4.00. The van der Waals surface area contributed by atoms with Crippen molar-refractivity contribution < 1.29 is 0 Å². The van der Waals surface area contributed by atoms with E-state index >= 15 is 0 Å². The number of rotatable bonds is 3. The molecule has 0 aliphatic rings. The maximum atomic E-state index is 3.39. The molecular weight excluding hydrogens is 329 g/mol. The van der Waals surface area contributed by atoms with Gasteiger partial charge in [0.05, 0.1) is 6.04 Å². The fourth-order valence-corrected chi connectivity index (χ4v) is 3.19. The molecule has 1 heterocycles. The Balaban J connectivity index is 2.40. The van der Waals surface area contributed by atoms with E-state index < -0.39 is 0 Å². The van der Waals surface area contributed by atoms with Gasteiger partial charge in [-0.25, -0.2) is 0 Å². The zero-order chi connectivity index (χ0) is 11.5. The first-order chi connectivity index (χ1) is 7.72. The minimum absolute atomic E-state index is 0.306. The molecule has 1 nitrogen and oxygen atoms in total. The molecule has 1 aromatic carbocycles. The fourth-order valence-electron chi connectivity index (χ4n) is 1.88. The number of benzene rings is 1.